The van der Waals surface area contributed by atoms with Gasteiger partial charge in [0.15, 0.2) is 28.7 Å². The van der Waals surface area contributed by atoms with Gasteiger partial charge in [-0.2, -0.15) is 9.97 Å². The Hall–Kier alpha value is -3.82. The van der Waals surface area contributed by atoms with Crippen molar-refractivity contribution in [3.05, 3.63) is 29.6 Å². The van der Waals surface area contributed by atoms with Crippen LogP contribution in [-0.2, 0) is 0 Å². The van der Waals surface area contributed by atoms with E-state index < -0.39 is 0 Å². The van der Waals surface area contributed by atoms with Crippen LogP contribution in [0, 0.1) is 0 Å². The van der Waals surface area contributed by atoms with E-state index in [-0.39, 0.29) is 17.5 Å². The molecule has 27 heavy (non-hydrogen) atoms. The fourth-order valence-electron chi connectivity index (χ4n) is 2.51. The summed E-state index contributed by atoms with van der Waals surface area (Å²) in [6.07, 6.45) is 2.86. The van der Waals surface area contributed by atoms with Crippen molar-refractivity contribution in [3.8, 4) is 17.2 Å². The predicted molar refractivity (Wildman–Crippen MR) is 100.0 cm³/mol. The third-order valence-electron chi connectivity index (χ3n) is 3.76. The van der Waals surface area contributed by atoms with Crippen molar-refractivity contribution in [1.29, 1.82) is 0 Å². The van der Waals surface area contributed by atoms with E-state index in [0.29, 0.717) is 39.8 Å². The summed E-state index contributed by atoms with van der Waals surface area (Å²) >= 11 is 0. The van der Waals surface area contributed by atoms with Gasteiger partial charge in [-0.3, -0.25) is 4.79 Å². The van der Waals surface area contributed by atoms with E-state index in [4.69, 9.17) is 25.7 Å². The number of methoxy groups -OCH3 is 3. The Morgan fingerprint density at radius 3 is 2.30 bits per heavy atom. The van der Waals surface area contributed by atoms with E-state index in [1.165, 1.54) is 33.5 Å². The zero-order valence-electron chi connectivity index (χ0n) is 14.9. The first kappa shape index (κ1) is 18.0. The molecule has 0 saturated carbocycles. The molecule has 0 aliphatic carbocycles. The molecule has 0 fully saturated rings. The highest BCUT2D eigenvalue weighted by Gasteiger charge is 2.16. The number of carbonyl (C=O) groups excluding carboxylic acids is 1. The number of hydrogen-bond acceptors (Lipinski definition) is 9. The summed E-state index contributed by atoms with van der Waals surface area (Å²) in [4.78, 5) is 27.5. The van der Waals surface area contributed by atoms with Crippen LogP contribution in [0.15, 0.2) is 18.2 Å². The quantitative estimate of drug-likeness (QED) is 0.432. The molecular weight excluding hydrogens is 352 g/mol. The molecular formula is C17H18N6O4. The molecule has 3 rings (SSSR count). The van der Waals surface area contributed by atoms with Crippen molar-refractivity contribution in [3.63, 3.8) is 0 Å². The van der Waals surface area contributed by atoms with Crippen LogP contribution in [0.25, 0.3) is 17.2 Å². The molecule has 0 aliphatic rings. The number of fused-ring (bicyclic) bond motifs is 1. The third kappa shape index (κ3) is 3.45. The maximum absolute atomic E-state index is 12.5. The Morgan fingerprint density at radius 1 is 1.04 bits per heavy atom. The number of carbonyl (C=O) groups is 1. The van der Waals surface area contributed by atoms with Crippen LogP contribution < -0.4 is 25.7 Å². The summed E-state index contributed by atoms with van der Waals surface area (Å²) < 4.78 is 15.8. The van der Waals surface area contributed by atoms with E-state index in [2.05, 4.69) is 19.9 Å². The molecule has 0 unspecified atom stereocenters. The smallest absolute Gasteiger partial charge is 0.224 e. The van der Waals surface area contributed by atoms with Gasteiger partial charge in [0.05, 0.1) is 21.3 Å². The maximum Gasteiger partial charge on any atom is 0.224 e. The molecule has 0 aliphatic heterocycles. The number of aromatic nitrogens is 4. The van der Waals surface area contributed by atoms with Crippen LogP contribution >= 0.6 is 0 Å². The highest BCUT2D eigenvalue weighted by atomic mass is 16.5. The minimum Gasteiger partial charge on any atom is -0.493 e. The maximum atomic E-state index is 12.5. The van der Waals surface area contributed by atoms with Crippen molar-refractivity contribution in [1.82, 2.24) is 19.9 Å². The van der Waals surface area contributed by atoms with E-state index in [1.54, 1.807) is 12.1 Å². The molecule has 0 amide bonds. The number of ether oxygens (including phenoxy) is 3. The van der Waals surface area contributed by atoms with E-state index in [0.717, 1.165) is 0 Å². The predicted octanol–water partition coefficient (Wildman–Crippen LogP) is 1.44. The first-order valence-electron chi connectivity index (χ1n) is 7.78. The Kier molecular flexibility index (Phi) is 4.79. The molecule has 0 spiro atoms. The second kappa shape index (κ2) is 7.20. The molecule has 10 nitrogen and oxygen atoms in total. The number of imidazole rings is 1. The lowest BCUT2D eigenvalue weighted by molar-refractivity contribution is 0.104. The number of aromatic amines is 1. The molecule has 140 valence electrons. The molecule has 5 N–H and O–H groups in total. The molecule has 0 atom stereocenters. The number of anilines is 2. The van der Waals surface area contributed by atoms with E-state index in [1.807, 2.05) is 0 Å². The number of nitrogens with two attached hydrogens (primary N) is 2. The second-order valence-electron chi connectivity index (χ2n) is 5.40. The first-order chi connectivity index (χ1) is 13.0. The SMILES string of the molecule is COc1cc(C(=O)/C=C/c2nc3nc(N)nc(N)c3[nH]2)cc(OC)c1OC. The minimum atomic E-state index is -0.284. The summed E-state index contributed by atoms with van der Waals surface area (Å²) in [5.74, 6) is 1.48. The number of benzene rings is 1. The second-order valence-corrected chi connectivity index (χ2v) is 5.40. The Morgan fingerprint density at radius 2 is 1.70 bits per heavy atom. The van der Waals surface area contributed by atoms with Gasteiger partial charge < -0.3 is 30.7 Å². The normalized spacial score (nSPS) is 11.1. The highest BCUT2D eigenvalue weighted by molar-refractivity contribution is 6.07. The van der Waals surface area contributed by atoms with Gasteiger partial charge in [0.2, 0.25) is 11.7 Å². The topological polar surface area (TPSA) is 151 Å². The number of allylic oxidation sites excluding steroid dienone is 1. The minimum absolute atomic E-state index is 0.0236. The summed E-state index contributed by atoms with van der Waals surface area (Å²) in [7, 11) is 4.45. The molecule has 0 bridgehead atoms. The van der Waals surface area contributed by atoms with Gasteiger partial charge in [0, 0.05) is 5.56 Å². The molecule has 3 aromatic rings. The number of nitrogen functional groups attached to an aromatic ring is 2. The van der Waals surface area contributed by atoms with Crippen LogP contribution in [0.1, 0.15) is 16.2 Å². The van der Waals surface area contributed by atoms with E-state index in [9.17, 15) is 4.79 Å². The third-order valence-corrected chi connectivity index (χ3v) is 3.76. The number of nitrogens with one attached hydrogen (secondary N) is 1. The summed E-state index contributed by atoms with van der Waals surface area (Å²) in [5.41, 5.74) is 12.5. The summed E-state index contributed by atoms with van der Waals surface area (Å²) in [6, 6.07) is 3.13. The number of nitrogens with zero attached hydrogens (tertiary/aromatic N) is 3. The molecule has 10 heteroatoms. The van der Waals surface area contributed by atoms with Gasteiger partial charge in [0.25, 0.3) is 0 Å². The molecule has 2 aromatic heterocycles. The Balaban J connectivity index is 1.92. The molecule has 0 saturated heterocycles. The number of rotatable bonds is 6. The van der Waals surface area contributed by atoms with Gasteiger partial charge in [-0.15, -0.1) is 0 Å². The zero-order chi connectivity index (χ0) is 19.6. The van der Waals surface area contributed by atoms with Crippen LogP contribution in [-0.4, -0.2) is 47.0 Å². The van der Waals surface area contributed by atoms with Crippen molar-refractivity contribution in [2.24, 2.45) is 0 Å². The molecule has 1 aromatic carbocycles. The average Bonchev–Trinajstić information content (AvgIpc) is 3.07. The van der Waals surface area contributed by atoms with Gasteiger partial charge in [0.1, 0.15) is 11.3 Å². The number of H-pyrrole nitrogens is 1. The van der Waals surface area contributed by atoms with Gasteiger partial charge >= 0.3 is 0 Å². The van der Waals surface area contributed by atoms with Crippen molar-refractivity contribution in [2.45, 2.75) is 0 Å². The largest absolute Gasteiger partial charge is 0.493 e. The molecule has 0 radical (unpaired) electrons. The van der Waals surface area contributed by atoms with Crippen molar-refractivity contribution >= 4 is 34.8 Å². The Labute approximate surface area is 154 Å². The standard InChI is InChI=1S/C17H18N6O4/c1-25-10-6-8(7-11(26-2)14(10)27-3)9(24)4-5-12-20-13-15(18)22-17(19)23-16(13)21-12/h4-7H,1-3H3,(H5,18,19,20,21,22,23)/b5-4+. The lowest BCUT2D eigenvalue weighted by Gasteiger charge is -2.13. The van der Waals surface area contributed by atoms with Gasteiger partial charge in [-0.05, 0) is 24.3 Å². The van der Waals surface area contributed by atoms with Crippen LogP contribution in [0.4, 0.5) is 11.8 Å². The Bertz CT molecular complexity index is 1020. The van der Waals surface area contributed by atoms with E-state index >= 15 is 0 Å². The number of ketones is 1. The molecule has 2 heterocycles. The van der Waals surface area contributed by atoms with Crippen LogP contribution in [0.2, 0.25) is 0 Å². The lowest BCUT2D eigenvalue weighted by atomic mass is 10.1. The number of hydrogen-bond donors (Lipinski definition) is 3. The van der Waals surface area contributed by atoms with Gasteiger partial charge in [-0.25, -0.2) is 4.98 Å². The highest BCUT2D eigenvalue weighted by Crippen LogP contribution is 2.38. The van der Waals surface area contributed by atoms with Crippen LogP contribution in [0.3, 0.4) is 0 Å². The monoisotopic (exact) mass is 370 g/mol. The summed E-state index contributed by atoms with van der Waals surface area (Å²) in [5, 5.41) is 0. The van der Waals surface area contributed by atoms with Crippen molar-refractivity contribution < 1.29 is 19.0 Å². The fourth-order valence-corrected chi connectivity index (χ4v) is 2.51. The van der Waals surface area contributed by atoms with Crippen LogP contribution in [0.5, 0.6) is 17.2 Å². The zero-order valence-corrected chi connectivity index (χ0v) is 14.9. The first-order valence-corrected chi connectivity index (χ1v) is 7.78. The summed E-state index contributed by atoms with van der Waals surface area (Å²) in [6.45, 7) is 0. The van der Waals surface area contributed by atoms with Crippen molar-refractivity contribution in [2.75, 3.05) is 32.8 Å². The fraction of sp³-hybridized carbons (Fsp3) is 0.176. The lowest BCUT2D eigenvalue weighted by Crippen LogP contribution is -2.00. The van der Waals surface area contributed by atoms with Gasteiger partial charge in [-0.1, -0.05) is 0 Å². The average molecular weight is 370 g/mol.